The van der Waals surface area contributed by atoms with Crippen molar-refractivity contribution < 1.29 is 9.47 Å². The maximum atomic E-state index is 6.01. The highest BCUT2D eigenvalue weighted by molar-refractivity contribution is 5.78. The lowest BCUT2D eigenvalue weighted by Crippen LogP contribution is -2.46. The van der Waals surface area contributed by atoms with Gasteiger partial charge in [0.1, 0.15) is 0 Å². The number of nitrogens with two attached hydrogens (primary N) is 1. The van der Waals surface area contributed by atoms with Gasteiger partial charge >= 0.3 is 0 Å². The van der Waals surface area contributed by atoms with Crippen LogP contribution in [0.15, 0.2) is 4.99 Å². The average Bonchev–Trinajstić information content (AvgIpc) is 2.33. The molecule has 1 aliphatic carbocycles. The van der Waals surface area contributed by atoms with E-state index >= 15 is 0 Å². The van der Waals surface area contributed by atoms with Gasteiger partial charge < -0.3 is 20.1 Å². The van der Waals surface area contributed by atoms with E-state index in [-0.39, 0.29) is 5.41 Å². The van der Waals surface area contributed by atoms with E-state index in [1.165, 1.54) is 19.3 Å². The lowest BCUT2D eigenvalue weighted by atomic mass is 9.69. The zero-order valence-corrected chi connectivity index (χ0v) is 10.7. The minimum atomic E-state index is 0.256. The molecule has 1 saturated heterocycles. The first-order valence-corrected chi connectivity index (χ1v) is 6.37. The number of guanidine groups is 1. The van der Waals surface area contributed by atoms with Crippen LogP contribution in [0.4, 0.5) is 0 Å². The smallest absolute Gasteiger partial charge is 0.191 e. The molecule has 1 saturated carbocycles. The van der Waals surface area contributed by atoms with Crippen molar-refractivity contribution in [2.75, 3.05) is 46.6 Å². The summed E-state index contributed by atoms with van der Waals surface area (Å²) in [5.74, 6) is 0.663. The van der Waals surface area contributed by atoms with Gasteiger partial charge in [-0.05, 0) is 12.8 Å². The number of hydrogen-bond donors (Lipinski definition) is 1. The third-order valence-electron chi connectivity index (χ3n) is 3.78. The summed E-state index contributed by atoms with van der Waals surface area (Å²) in [5.41, 5.74) is 6.27. The fraction of sp³-hybridized carbons (Fsp3) is 0.917. The zero-order valence-electron chi connectivity index (χ0n) is 10.7. The quantitative estimate of drug-likeness (QED) is 0.573. The molecule has 2 fully saturated rings. The van der Waals surface area contributed by atoms with E-state index in [1.54, 1.807) is 7.11 Å². The average molecular weight is 241 g/mol. The van der Waals surface area contributed by atoms with E-state index in [9.17, 15) is 0 Å². The van der Waals surface area contributed by atoms with E-state index in [2.05, 4.69) is 9.89 Å². The maximum Gasteiger partial charge on any atom is 0.191 e. The van der Waals surface area contributed by atoms with Crippen LogP contribution in [0.5, 0.6) is 0 Å². The number of aliphatic imine (C=N–C) groups is 1. The second-order valence-corrected chi connectivity index (χ2v) is 5.06. The molecule has 0 atom stereocenters. The summed E-state index contributed by atoms with van der Waals surface area (Å²) in [4.78, 5) is 6.65. The van der Waals surface area contributed by atoms with Gasteiger partial charge in [-0.1, -0.05) is 6.42 Å². The highest BCUT2D eigenvalue weighted by Crippen LogP contribution is 2.41. The van der Waals surface area contributed by atoms with E-state index in [0.717, 1.165) is 39.5 Å². The summed E-state index contributed by atoms with van der Waals surface area (Å²) in [6, 6.07) is 0. The number of methoxy groups -OCH3 is 1. The first-order valence-electron chi connectivity index (χ1n) is 6.37. The van der Waals surface area contributed by atoms with Gasteiger partial charge in [0, 0.05) is 25.6 Å². The van der Waals surface area contributed by atoms with Crippen molar-refractivity contribution >= 4 is 5.96 Å². The largest absolute Gasteiger partial charge is 0.384 e. The predicted octanol–water partition coefficient (Wildman–Crippen LogP) is 0.450. The van der Waals surface area contributed by atoms with Crippen molar-refractivity contribution in [3.63, 3.8) is 0 Å². The fourth-order valence-electron chi connectivity index (χ4n) is 2.47. The number of rotatable bonds is 4. The minimum absolute atomic E-state index is 0.256. The monoisotopic (exact) mass is 241 g/mol. The molecule has 0 unspecified atom stereocenters. The Bertz CT molecular complexity index is 271. The van der Waals surface area contributed by atoms with E-state index in [0.29, 0.717) is 5.96 Å². The second-order valence-electron chi connectivity index (χ2n) is 5.06. The Morgan fingerprint density at radius 2 is 2.12 bits per heavy atom. The highest BCUT2D eigenvalue weighted by Gasteiger charge is 2.36. The molecule has 0 radical (unpaired) electrons. The summed E-state index contributed by atoms with van der Waals surface area (Å²) in [6.07, 6.45) is 3.71. The molecule has 0 bridgehead atoms. The molecule has 0 aromatic rings. The molecule has 0 aromatic carbocycles. The maximum absolute atomic E-state index is 6.01. The molecule has 0 aromatic heterocycles. The van der Waals surface area contributed by atoms with Gasteiger partial charge in [-0.15, -0.1) is 0 Å². The molecule has 5 nitrogen and oxygen atoms in total. The summed E-state index contributed by atoms with van der Waals surface area (Å²) in [7, 11) is 1.76. The topological polar surface area (TPSA) is 60.1 Å². The molecule has 2 aliphatic rings. The van der Waals surface area contributed by atoms with Gasteiger partial charge in [0.05, 0.1) is 26.4 Å². The van der Waals surface area contributed by atoms with E-state index < -0.39 is 0 Å². The van der Waals surface area contributed by atoms with Crippen LogP contribution in [0.2, 0.25) is 0 Å². The van der Waals surface area contributed by atoms with Crippen LogP contribution < -0.4 is 5.73 Å². The first-order chi connectivity index (χ1) is 8.26. The minimum Gasteiger partial charge on any atom is -0.384 e. The Labute approximate surface area is 103 Å². The molecule has 17 heavy (non-hydrogen) atoms. The third-order valence-corrected chi connectivity index (χ3v) is 3.78. The molecule has 5 heteroatoms. The molecule has 0 amide bonds. The summed E-state index contributed by atoms with van der Waals surface area (Å²) in [5, 5.41) is 0. The van der Waals surface area contributed by atoms with Crippen molar-refractivity contribution in [1.29, 1.82) is 0 Å². The number of hydrogen-bond acceptors (Lipinski definition) is 3. The van der Waals surface area contributed by atoms with Crippen molar-refractivity contribution in [2.45, 2.75) is 19.3 Å². The molecular formula is C12H23N3O2. The van der Waals surface area contributed by atoms with Gasteiger partial charge in [-0.3, -0.25) is 4.99 Å². The van der Waals surface area contributed by atoms with E-state index in [1.807, 2.05) is 0 Å². The van der Waals surface area contributed by atoms with Gasteiger partial charge in [-0.25, -0.2) is 0 Å². The Morgan fingerprint density at radius 1 is 1.41 bits per heavy atom. The second kappa shape index (κ2) is 5.69. The number of morpholine rings is 1. The molecule has 1 heterocycles. The normalized spacial score (nSPS) is 24.5. The molecule has 2 N–H and O–H groups in total. The summed E-state index contributed by atoms with van der Waals surface area (Å²) >= 11 is 0. The van der Waals surface area contributed by atoms with Crippen LogP contribution in [-0.2, 0) is 9.47 Å². The van der Waals surface area contributed by atoms with Crippen LogP contribution in [0.3, 0.4) is 0 Å². The molecule has 0 spiro atoms. The van der Waals surface area contributed by atoms with E-state index in [4.69, 9.17) is 15.2 Å². The number of nitrogens with zero attached hydrogens (tertiary/aromatic N) is 2. The van der Waals surface area contributed by atoms with Crippen molar-refractivity contribution in [1.82, 2.24) is 4.90 Å². The molecule has 1 aliphatic heterocycles. The SMILES string of the molecule is COCC1(CN=C(N)N2CCOCC2)CCC1. The highest BCUT2D eigenvalue weighted by atomic mass is 16.5. The fourth-order valence-corrected chi connectivity index (χ4v) is 2.47. The van der Waals surface area contributed by atoms with Crippen molar-refractivity contribution in [2.24, 2.45) is 16.1 Å². The Kier molecular flexibility index (Phi) is 4.23. The lowest BCUT2D eigenvalue weighted by Gasteiger charge is -2.40. The third kappa shape index (κ3) is 3.10. The van der Waals surface area contributed by atoms with Crippen LogP contribution >= 0.6 is 0 Å². The van der Waals surface area contributed by atoms with Crippen LogP contribution in [-0.4, -0.2) is 57.4 Å². The Balaban J connectivity index is 1.85. The van der Waals surface area contributed by atoms with Crippen LogP contribution in [0, 0.1) is 5.41 Å². The van der Waals surface area contributed by atoms with Gasteiger partial charge in [0.25, 0.3) is 0 Å². The van der Waals surface area contributed by atoms with Gasteiger partial charge in [0.15, 0.2) is 5.96 Å². The van der Waals surface area contributed by atoms with Gasteiger partial charge in [0.2, 0.25) is 0 Å². The molecular weight excluding hydrogens is 218 g/mol. The predicted molar refractivity (Wildman–Crippen MR) is 67.0 cm³/mol. The Hall–Kier alpha value is -0.810. The summed E-state index contributed by atoms with van der Waals surface area (Å²) < 4.78 is 10.6. The zero-order chi connectivity index (χ0) is 12.1. The van der Waals surface area contributed by atoms with Crippen molar-refractivity contribution in [3.8, 4) is 0 Å². The molecule has 2 rings (SSSR count). The first kappa shape index (κ1) is 12.6. The van der Waals surface area contributed by atoms with Crippen LogP contribution in [0.25, 0.3) is 0 Å². The lowest BCUT2D eigenvalue weighted by molar-refractivity contribution is 0.0247. The summed E-state index contributed by atoms with van der Waals surface area (Å²) in [6.45, 7) is 4.80. The standard InChI is InChI=1S/C12H23N3O2/c1-16-10-12(3-2-4-12)9-14-11(13)15-5-7-17-8-6-15/h2-10H2,1H3,(H2,13,14). The molecule has 98 valence electrons. The van der Waals surface area contributed by atoms with Gasteiger partial charge in [-0.2, -0.15) is 0 Å². The Morgan fingerprint density at radius 3 is 2.65 bits per heavy atom. The van der Waals surface area contributed by atoms with Crippen molar-refractivity contribution in [3.05, 3.63) is 0 Å². The number of ether oxygens (including phenoxy) is 2. The van der Waals surface area contributed by atoms with Crippen LogP contribution in [0.1, 0.15) is 19.3 Å².